The molecule has 1 heterocycles. The molecule has 1 amide bonds. The van der Waals surface area contributed by atoms with Gasteiger partial charge in [0.05, 0.1) is 19.8 Å². The molecule has 5 atom stereocenters. The Hall–Kier alpha value is -0.770. The van der Waals surface area contributed by atoms with Crippen molar-refractivity contribution >= 4 is 5.91 Å². The van der Waals surface area contributed by atoms with Crippen molar-refractivity contribution in [3.8, 4) is 0 Å². The zero-order valence-corrected chi connectivity index (χ0v) is 10.0. The van der Waals surface area contributed by atoms with Gasteiger partial charge in [0.25, 0.3) is 0 Å². The Bertz CT molecular complexity index is 275. The first kappa shape index (κ1) is 15.3. The second-order valence-electron chi connectivity index (χ2n) is 4.03. The molecule has 0 spiro atoms. The van der Waals surface area contributed by atoms with Crippen LogP contribution in [-0.2, 0) is 14.3 Å². The van der Waals surface area contributed by atoms with E-state index >= 15 is 0 Å². The molecule has 18 heavy (non-hydrogen) atoms. The van der Waals surface area contributed by atoms with Gasteiger partial charge in [-0.2, -0.15) is 0 Å². The largest absolute Gasteiger partial charge is 0.394 e. The fraction of sp³-hybridized carbons (Fsp3) is 0.900. The van der Waals surface area contributed by atoms with Crippen LogP contribution < -0.4 is 5.32 Å². The highest BCUT2D eigenvalue weighted by Gasteiger charge is 2.45. The van der Waals surface area contributed by atoms with Crippen molar-refractivity contribution in [3.63, 3.8) is 0 Å². The second-order valence-corrected chi connectivity index (χ2v) is 4.03. The molecule has 0 bridgehead atoms. The normalized spacial score (nSPS) is 36.4. The number of hydrogen-bond acceptors (Lipinski definition) is 7. The fourth-order valence-corrected chi connectivity index (χ4v) is 1.78. The molecule has 1 aliphatic heterocycles. The minimum Gasteiger partial charge on any atom is -0.394 e. The Morgan fingerprint density at radius 3 is 2.50 bits per heavy atom. The number of amides is 1. The summed E-state index contributed by atoms with van der Waals surface area (Å²) >= 11 is 0. The number of aliphatic hydroxyl groups excluding tert-OH is 4. The number of nitrogens with one attached hydrogen (secondary N) is 1. The van der Waals surface area contributed by atoms with E-state index in [0.717, 1.165) is 0 Å². The summed E-state index contributed by atoms with van der Waals surface area (Å²) < 4.78 is 10.4. The first-order valence-corrected chi connectivity index (χ1v) is 5.63. The molecule has 1 fully saturated rings. The average Bonchev–Trinajstić information content (AvgIpc) is 2.33. The Labute approximate surface area is 104 Å². The lowest BCUT2D eigenvalue weighted by atomic mass is 9.97. The maximum Gasteiger partial charge on any atom is 0.217 e. The van der Waals surface area contributed by atoms with Crippen LogP contribution in [0.3, 0.4) is 0 Å². The van der Waals surface area contributed by atoms with Crippen molar-refractivity contribution in [1.82, 2.24) is 5.32 Å². The zero-order valence-electron chi connectivity index (χ0n) is 10.0. The minimum atomic E-state index is -1.33. The van der Waals surface area contributed by atoms with Crippen LogP contribution in [0.4, 0.5) is 0 Å². The Morgan fingerprint density at radius 2 is 2.00 bits per heavy atom. The third-order valence-electron chi connectivity index (χ3n) is 2.62. The molecule has 106 valence electrons. The number of hydrogen-bond donors (Lipinski definition) is 5. The highest BCUT2D eigenvalue weighted by molar-refractivity contribution is 5.73. The van der Waals surface area contributed by atoms with Crippen molar-refractivity contribution in [2.24, 2.45) is 0 Å². The maximum atomic E-state index is 11.0. The predicted octanol–water partition coefficient (Wildman–Crippen LogP) is -3.06. The molecule has 1 saturated heterocycles. The second kappa shape index (κ2) is 6.98. The molecule has 0 radical (unpaired) electrons. The van der Waals surface area contributed by atoms with Crippen molar-refractivity contribution < 1.29 is 34.7 Å². The lowest BCUT2D eigenvalue weighted by molar-refractivity contribution is -0.271. The van der Waals surface area contributed by atoms with Gasteiger partial charge in [0.15, 0.2) is 6.29 Å². The van der Waals surface area contributed by atoms with Gasteiger partial charge in [0.1, 0.15) is 24.4 Å². The summed E-state index contributed by atoms with van der Waals surface area (Å²) in [5.41, 5.74) is 0. The Morgan fingerprint density at radius 1 is 1.33 bits per heavy atom. The van der Waals surface area contributed by atoms with Crippen LogP contribution in [0.15, 0.2) is 0 Å². The monoisotopic (exact) mass is 265 g/mol. The van der Waals surface area contributed by atoms with Gasteiger partial charge in [0.2, 0.25) is 5.91 Å². The molecule has 1 rings (SSSR count). The summed E-state index contributed by atoms with van der Waals surface area (Å²) in [5, 5.41) is 39.6. The molecule has 5 unspecified atom stereocenters. The lowest BCUT2D eigenvalue weighted by Gasteiger charge is -2.42. The lowest BCUT2D eigenvalue weighted by Crippen LogP contribution is -2.64. The molecule has 8 heteroatoms. The van der Waals surface area contributed by atoms with E-state index in [0.29, 0.717) is 0 Å². The summed E-state index contributed by atoms with van der Waals surface area (Å²) in [4.78, 5) is 11.0. The third-order valence-corrected chi connectivity index (χ3v) is 2.62. The van der Waals surface area contributed by atoms with Gasteiger partial charge in [-0.3, -0.25) is 4.79 Å². The highest BCUT2D eigenvalue weighted by Crippen LogP contribution is 2.22. The summed E-state index contributed by atoms with van der Waals surface area (Å²) in [6.45, 7) is 0.446. The Kier molecular flexibility index (Phi) is 5.93. The fourth-order valence-electron chi connectivity index (χ4n) is 1.78. The highest BCUT2D eigenvalue weighted by atomic mass is 16.7. The number of carbonyl (C=O) groups is 1. The maximum absolute atomic E-state index is 11.0. The van der Waals surface area contributed by atoms with Gasteiger partial charge in [-0.05, 0) is 0 Å². The number of aliphatic hydroxyl groups is 4. The van der Waals surface area contributed by atoms with Crippen LogP contribution in [0.1, 0.15) is 6.92 Å². The van der Waals surface area contributed by atoms with E-state index in [4.69, 9.17) is 19.7 Å². The van der Waals surface area contributed by atoms with Crippen molar-refractivity contribution in [1.29, 1.82) is 0 Å². The molecule has 0 saturated carbocycles. The van der Waals surface area contributed by atoms with Crippen LogP contribution in [0.2, 0.25) is 0 Å². The van der Waals surface area contributed by atoms with Crippen LogP contribution in [0, 0.1) is 0 Å². The molecular weight excluding hydrogens is 246 g/mol. The summed E-state index contributed by atoms with van der Waals surface area (Å²) in [5.74, 6) is -0.421. The first-order chi connectivity index (χ1) is 8.51. The van der Waals surface area contributed by atoms with E-state index in [2.05, 4.69) is 5.32 Å². The zero-order chi connectivity index (χ0) is 13.7. The summed E-state index contributed by atoms with van der Waals surface area (Å²) in [6, 6.07) is -0.966. The minimum absolute atomic E-state index is 0.0539. The van der Waals surface area contributed by atoms with E-state index in [1.165, 1.54) is 6.92 Å². The molecular formula is C10H19NO7. The molecule has 0 aromatic heterocycles. The average molecular weight is 265 g/mol. The predicted molar refractivity (Wildman–Crippen MR) is 58.4 cm³/mol. The molecule has 5 N–H and O–H groups in total. The molecule has 8 nitrogen and oxygen atoms in total. The van der Waals surface area contributed by atoms with E-state index in [-0.39, 0.29) is 13.2 Å². The number of ether oxygens (including phenoxy) is 2. The topological polar surface area (TPSA) is 128 Å². The molecule has 0 aromatic rings. The Balaban J connectivity index is 2.76. The van der Waals surface area contributed by atoms with Crippen LogP contribution >= 0.6 is 0 Å². The van der Waals surface area contributed by atoms with E-state index in [1.807, 2.05) is 0 Å². The van der Waals surface area contributed by atoms with Crippen molar-refractivity contribution in [3.05, 3.63) is 0 Å². The van der Waals surface area contributed by atoms with E-state index in [1.54, 1.807) is 0 Å². The van der Waals surface area contributed by atoms with Gasteiger partial charge in [-0.1, -0.05) is 0 Å². The van der Waals surface area contributed by atoms with Gasteiger partial charge < -0.3 is 35.2 Å². The summed E-state index contributed by atoms with van der Waals surface area (Å²) in [6.07, 6.45) is -4.71. The third kappa shape index (κ3) is 3.61. The summed E-state index contributed by atoms with van der Waals surface area (Å²) in [7, 11) is 0. The van der Waals surface area contributed by atoms with Crippen LogP contribution in [-0.4, -0.2) is 76.8 Å². The molecule has 0 aromatic carbocycles. The van der Waals surface area contributed by atoms with Crippen molar-refractivity contribution in [2.45, 2.75) is 37.6 Å². The quantitative estimate of drug-likeness (QED) is 0.357. The molecule has 0 aliphatic carbocycles. The standard InChI is InChI=1S/C10H19NO7/c1-5(14)11-7-9(16)8(15)6(4-13)18-10(7)17-3-2-12/h6-10,12-13,15-16H,2-4H2,1H3,(H,11,14). The van der Waals surface area contributed by atoms with E-state index < -0.39 is 43.2 Å². The number of rotatable bonds is 5. The van der Waals surface area contributed by atoms with Crippen LogP contribution in [0.25, 0.3) is 0 Å². The van der Waals surface area contributed by atoms with Gasteiger partial charge in [-0.25, -0.2) is 0 Å². The van der Waals surface area contributed by atoms with Gasteiger partial charge >= 0.3 is 0 Å². The smallest absolute Gasteiger partial charge is 0.217 e. The SMILES string of the molecule is CC(=O)NC1C(OCCO)OC(CO)C(O)C1O. The van der Waals surface area contributed by atoms with E-state index in [9.17, 15) is 15.0 Å². The van der Waals surface area contributed by atoms with Gasteiger partial charge in [-0.15, -0.1) is 0 Å². The van der Waals surface area contributed by atoms with Gasteiger partial charge in [0, 0.05) is 6.92 Å². The first-order valence-electron chi connectivity index (χ1n) is 5.63. The van der Waals surface area contributed by atoms with Crippen molar-refractivity contribution in [2.75, 3.05) is 19.8 Å². The van der Waals surface area contributed by atoms with Crippen LogP contribution in [0.5, 0.6) is 0 Å². The number of carbonyl (C=O) groups excluding carboxylic acids is 1. The molecule has 1 aliphatic rings.